The molecule has 0 atom stereocenters. The van der Waals surface area contributed by atoms with Gasteiger partial charge in [0.2, 0.25) is 10.0 Å². The summed E-state index contributed by atoms with van der Waals surface area (Å²) < 4.78 is 27.6. The van der Waals surface area contributed by atoms with Gasteiger partial charge >= 0.3 is 0 Å². The van der Waals surface area contributed by atoms with Crippen LogP contribution in [-0.4, -0.2) is 15.0 Å². The van der Waals surface area contributed by atoms with Crippen LogP contribution in [0.15, 0.2) is 33.6 Å². The lowest BCUT2D eigenvalue weighted by molar-refractivity contribution is 0.166. The van der Waals surface area contributed by atoms with E-state index in [0.717, 1.165) is 17.3 Å². The number of sulfonamides is 1. The SMILES string of the molecule is CC1(CNS(=O)(=O)c2ccc(Br)cc2)CCC1. The van der Waals surface area contributed by atoms with E-state index in [2.05, 4.69) is 27.6 Å². The monoisotopic (exact) mass is 317 g/mol. The maximum atomic E-state index is 12.0. The number of hydrogen-bond donors (Lipinski definition) is 1. The van der Waals surface area contributed by atoms with E-state index >= 15 is 0 Å². The predicted octanol–water partition coefficient (Wildman–Crippen LogP) is 2.92. The van der Waals surface area contributed by atoms with E-state index in [4.69, 9.17) is 0 Å². The molecule has 1 aromatic rings. The highest BCUT2D eigenvalue weighted by atomic mass is 79.9. The fraction of sp³-hybridized carbons (Fsp3) is 0.500. The van der Waals surface area contributed by atoms with Gasteiger partial charge in [0.15, 0.2) is 0 Å². The van der Waals surface area contributed by atoms with Crippen LogP contribution in [-0.2, 0) is 10.0 Å². The van der Waals surface area contributed by atoms with E-state index in [9.17, 15) is 8.42 Å². The van der Waals surface area contributed by atoms with Crippen LogP contribution in [0.25, 0.3) is 0 Å². The minimum atomic E-state index is -3.36. The summed E-state index contributed by atoms with van der Waals surface area (Å²) in [4.78, 5) is 0.323. The summed E-state index contributed by atoms with van der Waals surface area (Å²) >= 11 is 3.29. The van der Waals surface area contributed by atoms with E-state index in [1.807, 2.05) is 0 Å². The molecule has 0 amide bonds. The first-order valence-electron chi connectivity index (χ1n) is 5.67. The van der Waals surface area contributed by atoms with E-state index in [1.54, 1.807) is 24.3 Å². The van der Waals surface area contributed by atoms with E-state index in [0.29, 0.717) is 11.4 Å². The predicted molar refractivity (Wildman–Crippen MR) is 71.3 cm³/mol. The smallest absolute Gasteiger partial charge is 0.211 e. The van der Waals surface area contributed by atoms with Gasteiger partial charge in [-0.1, -0.05) is 29.3 Å². The number of rotatable bonds is 4. The molecule has 0 spiro atoms. The van der Waals surface area contributed by atoms with Crippen LogP contribution in [0.2, 0.25) is 0 Å². The zero-order valence-corrected chi connectivity index (χ0v) is 12.1. The van der Waals surface area contributed by atoms with Crippen molar-refractivity contribution < 1.29 is 8.42 Å². The van der Waals surface area contributed by atoms with Gasteiger partial charge in [-0.25, -0.2) is 13.1 Å². The van der Waals surface area contributed by atoms with Gasteiger partial charge in [0.25, 0.3) is 0 Å². The third-order valence-corrected chi connectivity index (χ3v) is 5.32. The molecule has 0 aromatic heterocycles. The molecule has 2 rings (SSSR count). The van der Waals surface area contributed by atoms with Crippen LogP contribution in [0.5, 0.6) is 0 Å². The van der Waals surface area contributed by atoms with E-state index in [1.165, 1.54) is 6.42 Å². The Morgan fingerprint density at radius 2 is 1.88 bits per heavy atom. The molecule has 17 heavy (non-hydrogen) atoms. The molecule has 1 aliphatic rings. The molecule has 1 aromatic carbocycles. The molecule has 0 unspecified atom stereocenters. The lowest BCUT2D eigenvalue weighted by Crippen LogP contribution is -2.39. The van der Waals surface area contributed by atoms with E-state index < -0.39 is 10.0 Å². The van der Waals surface area contributed by atoms with Crippen LogP contribution in [0.3, 0.4) is 0 Å². The summed E-state index contributed by atoms with van der Waals surface area (Å²) in [5.74, 6) is 0. The van der Waals surface area contributed by atoms with Crippen molar-refractivity contribution in [1.82, 2.24) is 4.72 Å². The average molecular weight is 318 g/mol. The first-order chi connectivity index (χ1) is 7.91. The first kappa shape index (κ1) is 13.1. The maximum Gasteiger partial charge on any atom is 0.240 e. The van der Waals surface area contributed by atoms with Gasteiger partial charge in [-0.3, -0.25) is 0 Å². The molecule has 1 N–H and O–H groups in total. The maximum absolute atomic E-state index is 12.0. The van der Waals surface area contributed by atoms with Crippen LogP contribution < -0.4 is 4.72 Å². The number of nitrogens with one attached hydrogen (secondary N) is 1. The summed E-state index contributed by atoms with van der Waals surface area (Å²) in [6.45, 7) is 2.66. The Hall–Kier alpha value is -0.390. The highest BCUT2D eigenvalue weighted by molar-refractivity contribution is 9.10. The van der Waals surface area contributed by atoms with Crippen LogP contribution in [0.1, 0.15) is 26.2 Å². The lowest BCUT2D eigenvalue weighted by Gasteiger charge is -2.38. The molecule has 0 radical (unpaired) electrons. The summed E-state index contributed by atoms with van der Waals surface area (Å²) in [5.41, 5.74) is 0.155. The molecule has 5 heteroatoms. The van der Waals surface area contributed by atoms with Crippen molar-refractivity contribution in [3.05, 3.63) is 28.7 Å². The molecule has 0 saturated heterocycles. The molecule has 1 saturated carbocycles. The Kier molecular flexibility index (Phi) is 3.61. The fourth-order valence-electron chi connectivity index (χ4n) is 1.92. The number of benzene rings is 1. The molecule has 3 nitrogen and oxygen atoms in total. The third kappa shape index (κ3) is 3.09. The summed E-state index contributed by atoms with van der Waals surface area (Å²) in [6, 6.07) is 6.68. The second kappa shape index (κ2) is 4.71. The Balaban J connectivity index is 2.06. The number of hydrogen-bond acceptors (Lipinski definition) is 2. The molecule has 94 valence electrons. The summed E-state index contributed by atoms with van der Waals surface area (Å²) in [5, 5.41) is 0. The van der Waals surface area contributed by atoms with Gasteiger partial charge in [0, 0.05) is 11.0 Å². The minimum Gasteiger partial charge on any atom is -0.211 e. The standard InChI is InChI=1S/C12H16BrNO2S/c1-12(7-2-8-12)9-14-17(15,16)11-5-3-10(13)4-6-11/h3-6,14H,2,7-9H2,1H3. The molecule has 1 fully saturated rings. The Bertz CT molecular complexity index is 492. The van der Waals surface area contributed by atoms with Crippen molar-refractivity contribution in [1.29, 1.82) is 0 Å². The Labute approximate surface area is 111 Å². The molecular formula is C12H16BrNO2S. The summed E-state index contributed by atoms with van der Waals surface area (Å²) in [7, 11) is -3.36. The Morgan fingerprint density at radius 3 is 2.35 bits per heavy atom. The Morgan fingerprint density at radius 1 is 1.29 bits per heavy atom. The van der Waals surface area contributed by atoms with Crippen molar-refractivity contribution in [2.45, 2.75) is 31.1 Å². The average Bonchev–Trinajstić information content (AvgIpc) is 2.24. The van der Waals surface area contributed by atoms with Gasteiger partial charge in [-0.05, 0) is 42.5 Å². The largest absolute Gasteiger partial charge is 0.240 e. The molecule has 0 bridgehead atoms. The van der Waals surface area contributed by atoms with Gasteiger partial charge in [-0.15, -0.1) is 0 Å². The van der Waals surface area contributed by atoms with Crippen LogP contribution in [0, 0.1) is 5.41 Å². The quantitative estimate of drug-likeness (QED) is 0.928. The molecular weight excluding hydrogens is 302 g/mol. The summed E-state index contributed by atoms with van der Waals surface area (Å²) in [6.07, 6.45) is 3.42. The zero-order valence-electron chi connectivity index (χ0n) is 9.74. The third-order valence-electron chi connectivity index (χ3n) is 3.37. The highest BCUT2D eigenvalue weighted by Crippen LogP contribution is 2.39. The van der Waals surface area contributed by atoms with Crippen molar-refractivity contribution in [3.63, 3.8) is 0 Å². The van der Waals surface area contributed by atoms with Crippen LogP contribution >= 0.6 is 15.9 Å². The van der Waals surface area contributed by atoms with E-state index in [-0.39, 0.29) is 5.41 Å². The first-order valence-corrected chi connectivity index (χ1v) is 7.94. The second-order valence-corrected chi connectivity index (χ2v) is 7.63. The normalized spacial score (nSPS) is 18.7. The topological polar surface area (TPSA) is 46.2 Å². The lowest BCUT2D eigenvalue weighted by atomic mass is 9.71. The van der Waals surface area contributed by atoms with Crippen LogP contribution in [0.4, 0.5) is 0 Å². The van der Waals surface area contributed by atoms with Gasteiger partial charge in [0.1, 0.15) is 0 Å². The van der Waals surface area contributed by atoms with Crippen molar-refractivity contribution in [2.75, 3.05) is 6.54 Å². The molecule has 1 aliphatic carbocycles. The minimum absolute atomic E-state index is 0.155. The molecule has 0 heterocycles. The van der Waals surface area contributed by atoms with Gasteiger partial charge in [0.05, 0.1) is 4.90 Å². The molecule has 0 aliphatic heterocycles. The second-order valence-electron chi connectivity index (χ2n) is 4.94. The van der Waals surface area contributed by atoms with Gasteiger partial charge < -0.3 is 0 Å². The van der Waals surface area contributed by atoms with Crippen molar-refractivity contribution >= 4 is 26.0 Å². The van der Waals surface area contributed by atoms with Crippen molar-refractivity contribution in [2.24, 2.45) is 5.41 Å². The zero-order chi connectivity index (χ0) is 12.5. The van der Waals surface area contributed by atoms with Crippen molar-refractivity contribution in [3.8, 4) is 0 Å². The fourth-order valence-corrected chi connectivity index (χ4v) is 3.39. The highest BCUT2D eigenvalue weighted by Gasteiger charge is 2.32. The number of halogens is 1. The van der Waals surface area contributed by atoms with Gasteiger partial charge in [-0.2, -0.15) is 0 Å².